The molecule has 4 atom stereocenters. The molecule has 1 saturated carbocycles. The molecular formula is C48H52N10O5. The van der Waals surface area contributed by atoms with Gasteiger partial charge in [-0.1, -0.05) is 80.6 Å². The number of nitrogens with zero attached hydrogens (tertiary/aromatic N) is 5. The third-order valence-electron chi connectivity index (χ3n) is 12.3. The van der Waals surface area contributed by atoms with E-state index in [0.29, 0.717) is 18.9 Å². The van der Waals surface area contributed by atoms with E-state index in [1.54, 1.807) is 6.20 Å². The van der Waals surface area contributed by atoms with Gasteiger partial charge in [0.25, 0.3) is 0 Å². The van der Waals surface area contributed by atoms with Crippen LogP contribution in [0.2, 0.25) is 0 Å². The number of hydrogen-bond donors (Lipinski definition) is 5. The first kappa shape index (κ1) is 41.3. The number of nitrogens with one attached hydrogen (secondary N) is 5. The summed E-state index contributed by atoms with van der Waals surface area (Å²) in [6.45, 7) is 4.97. The molecule has 0 radical (unpaired) electrons. The van der Waals surface area contributed by atoms with Gasteiger partial charge in [0.2, 0.25) is 11.8 Å². The van der Waals surface area contributed by atoms with Crippen molar-refractivity contribution < 1.29 is 23.9 Å². The van der Waals surface area contributed by atoms with Gasteiger partial charge in [-0.15, -0.1) is 0 Å². The van der Waals surface area contributed by atoms with E-state index in [1.165, 1.54) is 7.11 Å². The first-order chi connectivity index (χ1) is 30.6. The van der Waals surface area contributed by atoms with Crippen molar-refractivity contribution in [2.24, 2.45) is 5.92 Å². The molecular weight excluding hydrogens is 797 g/mol. The summed E-state index contributed by atoms with van der Waals surface area (Å²) in [4.78, 5) is 77.6. The number of imidazole rings is 2. The number of ether oxygens (including phenoxy) is 1. The molecule has 3 fully saturated rings. The Labute approximate surface area is 365 Å². The van der Waals surface area contributed by atoms with Crippen LogP contribution in [0.25, 0.3) is 44.7 Å². The Kier molecular flexibility index (Phi) is 11.6. The third-order valence-corrected chi connectivity index (χ3v) is 12.3. The molecule has 0 spiro atoms. The summed E-state index contributed by atoms with van der Waals surface area (Å²) in [7, 11) is 1.29. The minimum absolute atomic E-state index is 0.112. The third kappa shape index (κ3) is 8.86. The Balaban J connectivity index is 0.865. The molecule has 3 aromatic heterocycles. The molecule has 5 amide bonds. The molecule has 3 aliphatic rings. The van der Waals surface area contributed by atoms with E-state index >= 15 is 0 Å². The van der Waals surface area contributed by atoms with E-state index < -0.39 is 18.2 Å². The highest BCUT2D eigenvalue weighted by atomic mass is 16.5. The van der Waals surface area contributed by atoms with Crippen molar-refractivity contribution in [3.05, 3.63) is 115 Å². The summed E-state index contributed by atoms with van der Waals surface area (Å²) in [6, 6.07) is 25.6. The minimum atomic E-state index is -0.806. The van der Waals surface area contributed by atoms with Gasteiger partial charge in [-0.2, -0.15) is 0 Å². The number of amides is 5. The van der Waals surface area contributed by atoms with Crippen LogP contribution in [0.5, 0.6) is 0 Å². The first-order valence-electron chi connectivity index (χ1n) is 21.8. The highest BCUT2D eigenvalue weighted by Gasteiger charge is 2.39. The van der Waals surface area contributed by atoms with Crippen LogP contribution in [-0.2, 0) is 14.3 Å². The van der Waals surface area contributed by atoms with Gasteiger partial charge in [-0.3, -0.25) is 9.59 Å². The summed E-state index contributed by atoms with van der Waals surface area (Å²) in [6.07, 6.45) is 8.12. The number of alkyl carbamates (subject to hydrolysis) is 1. The predicted molar refractivity (Wildman–Crippen MR) is 238 cm³/mol. The van der Waals surface area contributed by atoms with E-state index in [1.807, 2.05) is 103 Å². The average Bonchev–Trinajstić information content (AvgIpc) is 3.82. The number of likely N-dealkylation sites (tertiary alicyclic amines) is 2. The van der Waals surface area contributed by atoms with E-state index in [2.05, 4.69) is 38.1 Å². The van der Waals surface area contributed by atoms with Crippen LogP contribution >= 0.6 is 0 Å². The van der Waals surface area contributed by atoms with Gasteiger partial charge in [-0.25, -0.2) is 24.5 Å². The van der Waals surface area contributed by atoms with Crippen molar-refractivity contribution in [2.45, 2.75) is 82.6 Å². The smallest absolute Gasteiger partial charge is 0.407 e. The Hall–Kier alpha value is -7.03. The van der Waals surface area contributed by atoms with E-state index in [-0.39, 0.29) is 41.9 Å². The molecule has 2 saturated heterocycles. The fourth-order valence-electron chi connectivity index (χ4n) is 8.77. The number of carbonyl (C=O) groups is 4. The number of benzene rings is 3. The SMILES string of the molecule is COC(=O)NC(C(=O)N1CCCC1c1ncc(-c2ccc3nc(-c4ccc(-c5cnc(C6CCCN6C(=O)C(NC(=O)NC6CC6)c6ccccc6)[nH]5)cc4)ccc3c2)[nH]1)C(C)C. The summed E-state index contributed by atoms with van der Waals surface area (Å²) >= 11 is 0. The number of hydrogen-bond acceptors (Lipinski definition) is 8. The topological polar surface area (TPSA) is 190 Å². The molecule has 5 N–H and O–H groups in total. The Bertz CT molecular complexity index is 2620. The normalized spacial score (nSPS) is 18.3. The van der Waals surface area contributed by atoms with Gasteiger partial charge in [-0.05, 0) is 73.8 Å². The number of aromatic amines is 2. The summed E-state index contributed by atoms with van der Waals surface area (Å²) in [5.74, 6) is 1.02. The second-order valence-corrected chi connectivity index (χ2v) is 17.0. The van der Waals surface area contributed by atoms with Crippen LogP contribution in [0.1, 0.15) is 87.7 Å². The average molecular weight is 849 g/mol. The lowest BCUT2D eigenvalue weighted by molar-refractivity contribution is -0.135. The number of carbonyl (C=O) groups excluding carboxylic acids is 4. The van der Waals surface area contributed by atoms with Crippen molar-refractivity contribution >= 4 is 34.8 Å². The van der Waals surface area contributed by atoms with Crippen molar-refractivity contribution in [3.8, 4) is 33.8 Å². The zero-order valence-corrected chi connectivity index (χ0v) is 35.6. The molecule has 4 unspecified atom stereocenters. The molecule has 2 aliphatic heterocycles. The zero-order chi connectivity index (χ0) is 43.6. The molecule has 15 heteroatoms. The van der Waals surface area contributed by atoms with Crippen LogP contribution in [0.15, 0.2) is 97.3 Å². The van der Waals surface area contributed by atoms with E-state index in [9.17, 15) is 19.2 Å². The van der Waals surface area contributed by atoms with Crippen molar-refractivity contribution in [2.75, 3.05) is 20.2 Å². The highest BCUT2D eigenvalue weighted by Crippen LogP contribution is 2.36. The van der Waals surface area contributed by atoms with Crippen LogP contribution < -0.4 is 16.0 Å². The lowest BCUT2D eigenvalue weighted by atomic mass is 10.0. The molecule has 324 valence electrons. The standard InChI is InChI=1S/C48H52N10O5/c1-28(2)41(56-48(62)63-3)45(59)57-23-7-11-39(57)44-50-27-38(54-44)33-18-22-36-32(25-33)17-21-35(52-36)29-13-15-30(16-14-29)37-26-49-43(53-37)40-12-8-24-58(40)46(60)42(31-9-5-4-6-10-31)55-47(61)51-34-19-20-34/h4-6,9-10,13-18,21-22,25-28,34,39-42H,7-8,11-12,19-20,23-24H2,1-3H3,(H,49,53)(H,50,54)(H,56,62)(H2,51,55,61). The molecule has 1 aliphatic carbocycles. The maximum atomic E-state index is 14.1. The van der Waals surface area contributed by atoms with Crippen molar-refractivity contribution in [3.63, 3.8) is 0 Å². The number of urea groups is 1. The second kappa shape index (κ2) is 17.8. The Morgan fingerprint density at radius 2 is 1.33 bits per heavy atom. The second-order valence-electron chi connectivity index (χ2n) is 17.0. The number of methoxy groups -OCH3 is 1. The van der Waals surface area contributed by atoms with Crippen LogP contribution in [0.3, 0.4) is 0 Å². The van der Waals surface area contributed by atoms with Crippen LogP contribution in [0.4, 0.5) is 9.59 Å². The van der Waals surface area contributed by atoms with Gasteiger partial charge in [0.1, 0.15) is 23.7 Å². The van der Waals surface area contributed by atoms with Crippen LogP contribution in [0, 0.1) is 5.92 Å². The predicted octanol–water partition coefficient (Wildman–Crippen LogP) is 7.59. The van der Waals surface area contributed by atoms with Gasteiger partial charge in [0.15, 0.2) is 0 Å². The van der Waals surface area contributed by atoms with Crippen molar-refractivity contribution in [1.29, 1.82) is 0 Å². The number of rotatable bonds is 12. The van der Waals surface area contributed by atoms with Gasteiger partial charge >= 0.3 is 12.1 Å². The summed E-state index contributed by atoms with van der Waals surface area (Å²) < 4.78 is 4.77. The quantitative estimate of drug-likeness (QED) is 0.0832. The molecule has 0 bridgehead atoms. The fraction of sp³-hybridized carbons (Fsp3) is 0.354. The van der Waals surface area contributed by atoms with E-state index in [4.69, 9.17) is 19.7 Å². The number of aromatic nitrogens is 5. The maximum absolute atomic E-state index is 14.1. The number of pyridine rings is 1. The monoisotopic (exact) mass is 848 g/mol. The summed E-state index contributed by atoms with van der Waals surface area (Å²) in [5, 5.41) is 9.57. The summed E-state index contributed by atoms with van der Waals surface area (Å²) in [5.41, 5.74) is 7.01. The molecule has 3 aromatic carbocycles. The van der Waals surface area contributed by atoms with E-state index in [0.717, 1.165) is 94.6 Å². The lowest BCUT2D eigenvalue weighted by Crippen LogP contribution is -2.51. The maximum Gasteiger partial charge on any atom is 0.407 e. The van der Waals surface area contributed by atoms with Crippen LogP contribution in [-0.4, -0.2) is 90.9 Å². The number of fused-ring (bicyclic) bond motifs is 1. The van der Waals surface area contributed by atoms with Crippen molar-refractivity contribution in [1.82, 2.24) is 50.7 Å². The molecule has 9 rings (SSSR count). The van der Waals surface area contributed by atoms with Gasteiger partial charge < -0.3 is 40.5 Å². The Morgan fingerprint density at radius 3 is 1.97 bits per heavy atom. The Morgan fingerprint density at radius 1 is 0.714 bits per heavy atom. The largest absolute Gasteiger partial charge is 0.453 e. The first-order valence-corrected chi connectivity index (χ1v) is 21.8. The molecule has 15 nitrogen and oxygen atoms in total. The fourth-order valence-corrected chi connectivity index (χ4v) is 8.77. The van der Waals surface area contributed by atoms with Gasteiger partial charge in [0.05, 0.1) is 54.2 Å². The molecule has 63 heavy (non-hydrogen) atoms. The molecule has 5 heterocycles. The number of H-pyrrole nitrogens is 2. The highest BCUT2D eigenvalue weighted by molar-refractivity contribution is 5.89. The molecule has 6 aromatic rings. The van der Waals surface area contributed by atoms with Gasteiger partial charge in [0, 0.05) is 35.6 Å². The minimum Gasteiger partial charge on any atom is -0.453 e. The zero-order valence-electron chi connectivity index (χ0n) is 35.6. The lowest BCUT2D eigenvalue weighted by Gasteiger charge is -2.30.